The van der Waals surface area contributed by atoms with Crippen LogP contribution in [-0.4, -0.2) is 18.0 Å². The van der Waals surface area contributed by atoms with Crippen LogP contribution in [0.25, 0.3) is 11.0 Å². The third kappa shape index (κ3) is 3.97. The lowest BCUT2D eigenvalue weighted by Crippen LogP contribution is -2.28. The number of halogens is 3. The number of aryl methyl sites for hydroxylation is 1. The molecule has 3 rings (SSSR count). The number of benzene rings is 2. The lowest BCUT2D eigenvalue weighted by atomic mass is 10.2. The van der Waals surface area contributed by atoms with Gasteiger partial charge in [-0.2, -0.15) is 0 Å². The highest BCUT2D eigenvalue weighted by Crippen LogP contribution is 2.27. The summed E-state index contributed by atoms with van der Waals surface area (Å²) in [5.41, 5.74) is 0.981. The van der Waals surface area contributed by atoms with Gasteiger partial charge >= 0.3 is 0 Å². The van der Waals surface area contributed by atoms with Crippen LogP contribution in [0.3, 0.4) is 0 Å². The van der Waals surface area contributed by atoms with E-state index in [1.165, 1.54) is 42.5 Å². The molecule has 0 bridgehead atoms. The first-order valence-corrected chi connectivity index (χ1v) is 10.1. The Morgan fingerprint density at radius 2 is 1.85 bits per heavy atom. The molecule has 0 radical (unpaired) electrons. The van der Waals surface area contributed by atoms with Gasteiger partial charge < -0.3 is 4.57 Å². The highest BCUT2D eigenvalue weighted by Gasteiger charge is 2.23. The number of rotatable bonds is 6. The summed E-state index contributed by atoms with van der Waals surface area (Å²) >= 11 is 5.80. The van der Waals surface area contributed by atoms with Gasteiger partial charge in [0.15, 0.2) is 0 Å². The molecule has 0 spiro atoms. The number of hydrogen-bond donors (Lipinski definition) is 1. The number of nitrogens with one attached hydrogen (secondary N) is 1. The van der Waals surface area contributed by atoms with Crippen LogP contribution in [0.1, 0.15) is 37.7 Å². The molecule has 1 aromatic heterocycles. The number of aromatic nitrogens is 2. The maximum atomic E-state index is 13.0. The fourth-order valence-corrected chi connectivity index (χ4v) is 4.25. The molecule has 0 saturated carbocycles. The Hall–Kier alpha value is -2.03. The van der Waals surface area contributed by atoms with Crippen molar-refractivity contribution in [2.24, 2.45) is 0 Å². The van der Waals surface area contributed by atoms with Crippen LogP contribution in [0.4, 0.5) is 8.78 Å². The maximum absolute atomic E-state index is 13.0. The summed E-state index contributed by atoms with van der Waals surface area (Å²) in [6.45, 7) is 3.97. The van der Waals surface area contributed by atoms with E-state index in [0.29, 0.717) is 28.4 Å². The molecule has 0 aliphatic carbocycles. The van der Waals surface area contributed by atoms with Crippen molar-refractivity contribution in [3.8, 4) is 0 Å². The Labute approximate surface area is 161 Å². The van der Waals surface area contributed by atoms with Crippen LogP contribution in [0.5, 0.6) is 0 Å². The number of fused-ring (bicyclic) bond motifs is 1. The van der Waals surface area contributed by atoms with E-state index >= 15 is 0 Å². The zero-order valence-electron chi connectivity index (χ0n) is 14.7. The average molecular weight is 414 g/mol. The van der Waals surface area contributed by atoms with Crippen molar-refractivity contribution < 1.29 is 17.2 Å². The summed E-state index contributed by atoms with van der Waals surface area (Å²) in [5, 5.41) is 0.435. The minimum absolute atomic E-state index is 0.0814. The molecule has 1 heterocycles. The van der Waals surface area contributed by atoms with Crippen LogP contribution in [0, 0.1) is 0 Å². The predicted molar refractivity (Wildman–Crippen MR) is 101 cm³/mol. The Balaban J connectivity index is 1.97. The van der Waals surface area contributed by atoms with Gasteiger partial charge in [-0.05, 0) is 50.2 Å². The van der Waals surface area contributed by atoms with Crippen molar-refractivity contribution >= 4 is 32.7 Å². The second-order valence-electron chi connectivity index (χ2n) is 6.06. The molecule has 2 aromatic carbocycles. The smallest absolute Gasteiger partial charge is 0.263 e. The van der Waals surface area contributed by atoms with E-state index in [2.05, 4.69) is 9.71 Å². The summed E-state index contributed by atoms with van der Waals surface area (Å²) < 4.78 is 55.5. The predicted octanol–water partition coefficient (Wildman–Crippen LogP) is 4.69. The molecule has 3 aromatic rings. The van der Waals surface area contributed by atoms with Crippen LogP contribution < -0.4 is 4.72 Å². The SMILES string of the molecule is CCn1c([C@@H](C)NS(=O)(=O)c2ccc(Cl)cc2)nc2ccc(C(F)F)cc21. The first-order chi connectivity index (χ1) is 12.7. The van der Waals surface area contributed by atoms with Gasteiger partial charge in [0.1, 0.15) is 5.82 Å². The van der Waals surface area contributed by atoms with E-state index in [9.17, 15) is 17.2 Å². The third-order valence-electron chi connectivity index (χ3n) is 4.21. The fourth-order valence-electron chi connectivity index (χ4n) is 2.92. The summed E-state index contributed by atoms with van der Waals surface area (Å²) in [7, 11) is -3.79. The quantitative estimate of drug-likeness (QED) is 0.637. The van der Waals surface area contributed by atoms with E-state index in [-0.39, 0.29) is 10.5 Å². The molecule has 0 aliphatic rings. The van der Waals surface area contributed by atoms with Gasteiger partial charge in [0.25, 0.3) is 6.43 Å². The molecular weight excluding hydrogens is 396 g/mol. The van der Waals surface area contributed by atoms with Crippen LogP contribution >= 0.6 is 11.6 Å². The van der Waals surface area contributed by atoms with E-state index in [4.69, 9.17) is 11.6 Å². The van der Waals surface area contributed by atoms with E-state index in [1.807, 2.05) is 6.92 Å². The highest BCUT2D eigenvalue weighted by molar-refractivity contribution is 7.89. The number of alkyl halides is 2. The fraction of sp³-hybridized carbons (Fsp3) is 0.278. The molecule has 27 heavy (non-hydrogen) atoms. The van der Waals surface area contributed by atoms with Gasteiger partial charge in [-0.15, -0.1) is 0 Å². The van der Waals surface area contributed by atoms with Gasteiger partial charge in [-0.1, -0.05) is 17.7 Å². The number of hydrogen-bond acceptors (Lipinski definition) is 3. The minimum Gasteiger partial charge on any atom is -0.327 e. The normalized spacial score (nSPS) is 13.4. The third-order valence-corrected chi connectivity index (χ3v) is 6.02. The van der Waals surface area contributed by atoms with E-state index in [1.54, 1.807) is 11.5 Å². The second-order valence-corrected chi connectivity index (χ2v) is 8.21. The Bertz CT molecular complexity index is 1070. The number of nitrogens with zero attached hydrogens (tertiary/aromatic N) is 2. The molecule has 144 valence electrons. The van der Waals surface area contributed by atoms with E-state index < -0.39 is 22.5 Å². The molecule has 5 nitrogen and oxygen atoms in total. The van der Waals surface area contributed by atoms with Crippen molar-refractivity contribution in [3.63, 3.8) is 0 Å². The zero-order chi connectivity index (χ0) is 19.8. The zero-order valence-corrected chi connectivity index (χ0v) is 16.2. The van der Waals surface area contributed by atoms with Gasteiger partial charge in [-0.25, -0.2) is 26.9 Å². The molecule has 0 fully saturated rings. The lowest BCUT2D eigenvalue weighted by Gasteiger charge is -2.15. The monoisotopic (exact) mass is 413 g/mol. The van der Waals surface area contributed by atoms with Gasteiger partial charge in [-0.3, -0.25) is 0 Å². The highest BCUT2D eigenvalue weighted by atomic mass is 35.5. The van der Waals surface area contributed by atoms with Gasteiger partial charge in [0, 0.05) is 17.1 Å². The van der Waals surface area contributed by atoms with Crippen molar-refractivity contribution in [1.29, 1.82) is 0 Å². The topological polar surface area (TPSA) is 64.0 Å². The summed E-state index contributed by atoms with van der Waals surface area (Å²) in [6, 6.07) is 9.39. The Kier molecular flexibility index (Phi) is 5.50. The van der Waals surface area contributed by atoms with Crippen LogP contribution in [0.2, 0.25) is 5.02 Å². The van der Waals surface area contributed by atoms with Crippen molar-refractivity contribution in [3.05, 3.63) is 58.9 Å². The standard InChI is InChI=1S/C18H18ClF2N3O2S/c1-3-24-16-10-12(17(20)21)4-9-15(16)22-18(24)11(2)23-27(25,26)14-7-5-13(19)6-8-14/h4-11,17,23H,3H2,1-2H3/t11-/m1/s1. The molecule has 1 atom stereocenters. The molecule has 1 N–H and O–H groups in total. The van der Waals surface area contributed by atoms with E-state index in [0.717, 1.165) is 0 Å². The minimum atomic E-state index is -3.79. The van der Waals surface area contributed by atoms with Gasteiger partial charge in [0.2, 0.25) is 10.0 Å². The van der Waals surface area contributed by atoms with Crippen molar-refractivity contribution in [2.75, 3.05) is 0 Å². The van der Waals surface area contributed by atoms with Crippen LogP contribution in [0.15, 0.2) is 47.4 Å². The molecule has 0 aliphatic heterocycles. The largest absolute Gasteiger partial charge is 0.327 e. The maximum Gasteiger partial charge on any atom is 0.263 e. The Morgan fingerprint density at radius 1 is 1.19 bits per heavy atom. The molecule has 0 unspecified atom stereocenters. The lowest BCUT2D eigenvalue weighted by molar-refractivity contribution is 0.151. The summed E-state index contributed by atoms with van der Waals surface area (Å²) in [5.74, 6) is 0.455. The first-order valence-electron chi connectivity index (χ1n) is 8.29. The van der Waals surface area contributed by atoms with Crippen molar-refractivity contribution in [1.82, 2.24) is 14.3 Å². The molecule has 0 saturated heterocycles. The number of imidazole rings is 1. The van der Waals surface area contributed by atoms with Crippen molar-refractivity contribution in [2.45, 2.75) is 37.8 Å². The molecule has 0 amide bonds. The summed E-state index contributed by atoms with van der Waals surface area (Å²) in [6.07, 6.45) is -2.58. The second kappa shape index (κ2) is 7.53. The van der Waals surface area contributed by atoms with Gasteiger partial charge in [0.05, 0.1) is 22.0 Å². The molecular formula is C18H18ClF2N3O2S. The van der Waals surface area contributed by atoms with Crippen LogP contribution in [-0.2, 0) is 16.6 Å². The average Bonchev–Trinajstić information content (AvgIpc) is 2.99. The number of sulfonamides is 1. The first kappa shape index (κ1) is 19.7. The molecule has 9 heteroatoms. The summed E-state index contributed by atoms with van der Waals surface area (Å²) in [4.78, 5) is 4.53. The Morgan fingerprint density at radius 3 is 2.44 bits per heavy atom.